The maximum absolute atomic E-state index is 12.0. The molecule has 23 heavy (non-hydrogen) atoms. The van der Waals surface area contributed by atoms with Gasteiger partial charge in [0.25, 0.3) is 0 Å². The Balaban J connectivity index is 2.19. The van der Waals surface area contributed by atoms with Crippen LogP contribution in [0.4, 0.5) is 5.69 Å². The number of aliphatic carboxylic acids is 1. The second-order valence-corrected chi connectivity index (χ2v) is 5.54. The third-order valence-corrected chi connectivity index (χ3v) is 3.73. The Kier molecular flexibility index (Phi) is 6.03. The standard InChI is InChI=1S/C19H23NO3/c1-2-3-14-19(18(21)22,23-17-12-8-5-9-13-17)15-20-16-10-6-4-7-11-16/h4-13,20H,2-3,14-15H2,1H3,(H,21,22). The lowest BCUT2D eigenvalue weighted by Crippen LogP contribution is -2.50. The molecule has 0 bridgehead atoms. The number of carbonyl (C=O) groups is 1. The largest absolute Gasteiger partial charge is 0.478 e. The van der Waals surface area contributed by atoms with Crippen molar-refractivity contribution in [1.82, 2.24) is 0 Å². The zero-order valence-corrected chi connectivity index (χ0v) is 13.4. The van der Waals surface area contributed by atoms with Gasteiger partial charge in [0, 0.05) is 5.69 Å². The fourth-order valence-corrected chi connectivity index (χ4v) is 2.38. The highest BCUT2D eigenvalue weighted by Crippen LogP contribution is 2.25. The number of nitrogens with one attached hydrogen (secondary N) is 1. The van der Waals surface area contributed by atoms with E-state index in [4.69, 9.17) is 4.74 Å². The summed E-state index contributed by atoms with van der Waals surface area (Å²) in [7, 11) is 0. The van der Waals surface area contributed by atoms with Crippen molar-refractivity contribution in [2.24, 2.45) is 0 Å². The summed E-state index contributed by atoms with van der Waals surface area (Å²) in [5.41, 5.74) is -0.404. The number of hydrogen-bond acceptors (Lipinski definition) is 3. The van der Waals surface area contributed by atoms with Crippen molar-refractivity contribution >= 4 is 11.7 Å². The number of carboxylic acids is 1. The lowest BCUT2D eigenvalue weighted by molar-refractivity contribution is -0.154. The first-order valence-corrected chi connectivity index (χ1v) is 7.93. The van der Waals surface area contributed by atoms with Gasteiger partial charge in [0.15, 0.2) is 0 Å². The summed E-state index contributed by atoms with van der Waals surface area (Å²) >= 11 is 0. The third kappa shape index (κ3) is 4.74. The summed E-state index contributed by atoms with van der Waals surface area (Å²) in [4.78, 5) is 12.0. The molecule has 2 aromatic rings. The maximum Gasteiger partial charge on any atom is 0.349 e. The van der Waals surface area contributed by atoms with E-state index in [-0.39, 0.29) is 6.54 Å². The third-order valence-electron chi connectivity index (χ3n) is 3.73. The molecule has 0 saturated carbocycles. The molecule has 122 valence electrons. The molecule has 2 aromatic carbocycles. The van der Waals surface area contributed by atoms with Crippen molar-refractivity contribution in [2.75, 3.05) is 11.9 Å². The second-order valence-electron chi connectivity index (χ2n) is 5.54. The first-order chi connectivity index (χ1) is 11.2. The second kappa shape index (κ2) is 8.22. The molecule has 0 heterocycles. The molecular formula is C19H23NO3. The topological polar surface area (TPSA) is 58.6 Å². The lowest BCUT2D eigenvalue weighted by atomic mass is 9.96. The van der Waals surface area contributed by atoms with Crippen LogP contribution in [0.1, 0.15) is 26.2 Å². The van der Waals surface area contributed by atoms with E-state index in [1.54, 1.807) is 12.1 Å². The molecule has 1 atom stereocenters. The Hall–Kier alpha value is -2.49. The molecule has 0 aliphatic heterocycles. The van der Waals surface area contributed by atoms with Crippen molar-refractivity contribution in [3.63, 3.8) is 0 Å². The van der Waals surface area contributed by atoms with Crippen LogP contribution in [-0.4, -0.2) is 23.2 Å². The monoisotopic (exact) mass is 313 g/mol. The van der Waals surface area contributed by atoms with Crippen molar-refractivity contribution in [2.45, 2.75) is 31.8 Å². The van der Waals surface area contributed by atoms with Crippen LogP contribution in [0, 0.1) is 0 Å². The van der Waals surface area contributed by atoms with E-state index in [0.29, 0.717) is 12.2 Å². The van der Waals surface area contributed by atoms with Crippen molar-refractivity contribution < 1.29 is 14.6 Å². The number of para-hydroxylation sites is 2. The molecular weight excluding hydrogens is 290 g/mol. The minimum absolute atomic E-state index is 0.210. The molecule has 4 nitrogen and oxygen atoms in total. The highest BCUT2D eigenvalue weighted by molar-refractivity contribution is 5.79. The van der Waals surface area contributed by atoms with Crippen molar-refractivity contribution in [1.29, 1.82) is 0 Å². The van der Waals surface area contributed by atoms with Crippen LogP contribution in [0.2, 0.25) is 0 Å². The van der Waals surface area contributed by atoms with Gasteiger partial charge in [-0.1, -0.05) is 49.7 Å². The van der Waals surface area contributed by atoms with E-state index in [0.717, 1.165) is 18.5 Å². The molecule has 0 fully saturated rings. The van der Waals surface area contributed by atoms with Gasteiger partial charge >= 0.3 is 5.97 Å². The Morgan fingerprint density at radius 2 is 1.70 bits per heavy atom. The number of benzene rings is 2. The predicted molar refractivity (Wildman–Crippen MR) is 91.9 cm³/mol. The fourth-order valence-electron chi connectivity index (χ4n) is 2.38. The SMILES string of the molecule is CCCCC(CNc1ccccc1)(Oc1ccccc1)C(=O)O. The van der Waals surface area contributed by atoms with Gasteiger partial charge in [-0.3, -0.25) is 0 Å². The number of unbranched alkanes of at least 4 members (excludes halogenated alkanes) is 1. The zero-order valence-electron chi connectivity index (χ0n) is 13.4. The van der Waals surface area contributed by atoms with Crippen LogP contribution >= 0.6 is 0 Å². The quantitative estimate of drug-likeness (QED) is 0.729. The molecule has 1 unspecified atom stereocenters. The van der Waals surface area contributed by atoms with Gasteiger partial charge < -0.3 is 15.2 Å². The summed E-state index contributed by atoms with van der Waals surface area (Å²) in [5, 5.41) is 13.0. The van der Waals surface area contributed by atoms with Crippen molar-refractivity contribution in [3.8, 4) is 5.75 Å². The maximum atomic E-state index is 12.0. The molecule has 0 spiro atoms. The summed E-state index contributed by atoms with van der Waals surface area (Å²) in [6, 6.07) is 18.7. The number of rotatable bonds is 9. The van der Waals surface area contributed by atoms with Crippen LogP contribution in [0.3, 0.4) is 0 Å². The van der Waals surface area contributed by atoms with E-state index in [1.165, 1.54) is 0 Å². The van der Waals surface area contributed by atoms with Gasteiger partial charge in [-0.05, 0) is 37.1 Å². The van der Waals surface area contributed by atoms with E-state index in [1.807, 2.05) is 55.5 Å². The van der Waals surface area contributed by atoms with E-state index >= 15 is 0 Å². The molecule has 2 rings (SSSR count). The summed E-state index contributed by atoms with van der Waals surface area (Å²) < 4.78 is 5.93. The van der Waals surface area contributed by atoms with Crippen LogP contribution in [-0.2, 0) is 4.79 Å². The van der Waals surface area contributed by atoms with E-state index < -0.39 is 11.6 Å². The fraction of sp³-hybridized carbons (Fsp3) is 0.316. The van der Waals surface area contributed by atoms with Gasteiger partial charge in [0.2, 0.25) is 5.60 Å². The average molecular weight is 313 g/mol. The Labute approximate surface area is 137 Å². The minimum atomic E-state index is -1.28. The van der Waals surface area contributed by atoms with Gasteiger partial charge in [0.1, 0.15) is 5.75 Å². The molecule has 0 aliphatic rings. The molecule has 0 radical (unpaired) electrons. The highest BCUT2D eigenvalue weighted by Gasteiger charge is 2.40. The van der Waals surface area contributed by atoms with E-state index in [2.05, 4.69) is 5.32 Å². The number of hydrogen-bond donors (Lipinski definition) is 2. The zero-order chi connectivity index (χ0) is 16.5. The average Bonchev–Trinajstić information content (AvgIpc) is 2.59. The van der Waals surface area contributed by atoms with Crippen molar-refractivity contribution in [3.05, 3.63) is 60.7 Å². The minimum Gasteiger partial charge on any atom is -0.478 e. The molecule has 2 N–H and O–H groups in total. The molecule has 0 aliphatic carbocycles. The van der Waals surface area contributed by atoms with Crippen LogP contribution < -0.4 is 10.1 Å². The lowest BCUT2D eigenvalue weighted by Gasteiger charge is -2.31. The first-order valence-electron chi connectivity index (χ1n) is 7.93. The van der Waals surface area contributed by atoms with Gasteiger partial charge in [0.05, 0.1) is 6.54 Å². The van der Waals surface area contributed by atoms with Crippen LogP contribution in [0.15, 0.2) is 60.7 Å². The Morgan fingerprint density at radius 1 is 1.09 bits per heavy atom. The molecule has 0 amide bonds. The van der Waals surface area contributed by atoms with Gasteiger partial charge in [-0.2, -0.15) is 0 Å². The molecule has 0 aromatic heterocycles. The summed E-state index contributed by atoms with van der Waals surface area (Å²) in [6.07, 6.45) is 2.15. The highest BCUT2D eigenvalue weighted by atomic mass is 16.5. The molecule has 0 saturated heterocycles. The first kappa shape index (κ1) is 16.9. The van der Waals surface area contributed by atoms with Gasteiger partial charge in [-0.15, -0.1) is 0 Å². The van der Waals surface area contributed by atoms with Crippen LogP contribution in [0.25, 0.3) is 0 Å². The number of ether oxygens (including phenoxy) is 1. The predicted octanol–water partition coefficient (Wildman–Crippen LogP) is 4.19. The van der Waals surface area contributed by atoms with Crippen LogP contribution in [0.5, 0.6) is 5.75 Å². The summed E-state index contributed by atoms with van der Waals surface area (Å²) in [5.74, 6) is -0.376. The normalized spacial score (nSPS) is 13.1. The smallest absolute Gasteiger partial charge is 0.349 e. The van der Waals surface area contributed by atoms with E-state index in [9.17, 15) is 9.90 Å². The molecule has 4 heteroatoms. The number of anilines is 1. The Morgan fingerprint density at radius 3 is 2.26 bits per heavy atom. The summed E-state index contributed by atoms with van der Waals surface area (Å²) in [6.45, 7) is 2.25. The Bertz CT molecular complexity index is 601. The number of carboxylic acid groups (broad SMARTS) is 1. The van der Waals surface area contributed by atoms with Gasteiger partial charge in [-0.25, -0.2) is 4.79 Å².